The third-order valence-corrected chi connectivity index (χ3v) is 3.41. The van der Waals surface area contributed by atoms with Gasteiger partial charge in [0.05, 0.1) is 25.0 Å². The highest BCUT2D eigenvalue weighted by atomic mass is 16.5. The first kappa shape index (κ1) is 13.6. The van der Waals surface area contributed by atoms with E-state index in [9.17, 15) is 0 Å². The molecule has 1 saturated heterocycles. The maximum atomic E-state index is 8.27. The average molecular weight is 287 g/mol. The zero-order valence-corrected chi connectivity index (χ0v) is 11.5. The van der Waals surface area contributed by atoms with Gasteiger partial charge in [-0.25, -0.2) is 4.98 Å². The molecule has 0 bridgehead atoms. The highest BCUT2D eigenvalue weighted by molar-refractivity contribution is 6.13. The largest absolute Gasteiger partial charge is 0.474 e. The van der Waals surface area contributed by atoms with Crippen molar-refractivity contribution in [1.82, 2.24) is 4.98 Å². The Balaban J connectivity index is 1.90. The van der Waals surface area contributed by atoms with Crippen LogP contribution in [0.25, 0.3) is 0 Å². The van der Waals surface area contributed by atoms with Crippen LogP contribution in [0.5, 0.6) is 5.88 Å². The van der Waals surface area contributed by atoms with Crippen molar-refractivity contribution >= 4 is 11.4 Å². The Morgan fingerprint density at radius 3 is 2.86 bits per heavy atom. The molecule has 0 aliphatic carbocycles. The van der Waals surface area contributed by atoms with Gasteiger partial charge in [0.1, 0.15) is 11.8 Å². The molecule has 3 N–H and O–H groups in total. The molecule has 3 rings (SSSR count). The van der Waals surface area contributed by atoms with E-state index in [1.165, 1.54) is 6.26 Å². The van der Waals surface area contributed by atoms with Gasteiger partial charge >= 0.3 is 0 Å². The van der Waals surface area contributed by atoms with Crippen LogP contribution >= 0.6 is 0 Å². The fourth-order valence-corrected chi connectivity index (χ4v) is 2.29. The van der Waals surface area contributed by atoms with E-state index in [0.29, 0.717) is 36.1 Å². The van der Waals surface area contributed by atoms with Crippen molar-refractivity contribution in [2.24, 2.45) is 0 Å². The zero-order chi connectivity index (χ0) is 14.7. The lowest BCUT2D eigenvalue weighted by molar-refractivity contribution is 0.0237. The Hall–Kier alpha value is -2.34. The number of ether oxygens (including phenoxy) is 2. The van der Waals surface area contributed by atoms with E-state index >= 15 is 0 Å². The predicted octanol–water partition coefficient (Wildman–Crippen LogP) is 2.23. The fourth-order valence-electron chi connectivity index (χ4n) is 2.29. The number of nitrogens with one attached hydrogen (secondary N) is 1. The van der Waals surface area contributed by atoms with Crippen molar-refractivity contribution in [3.63, 3.8) is 0 Å². The molecule has 2 aromatic heterocycles. The van der Waals surface area contributed by atoms with Gasteiger partial charge in [0.2, 0.25) is 5.88 Å². The molecule has 0 radical (unpaired) electrons. The van der Waals surface area contributed by atoms with Gasteiger partial charge in [-0.2, -0.15) is 0 Å². The summed E-state index contributed by atoms with van der Waals surface area (Å²) in [7, 11) is 0. The quantitative estimate of drug-likeness (QED) is 0.841. The summed E-state index contributed by atoms with van der Waals surface area (Å²) in [5.41, 5.74) is 7.10. The maximum Gasteiger partial charge on any atom is 0.225 e. The van der Waals surface area contributed by atoms with E-state index in [2.05, 4.69) is 4.98 Å². The zero-order valence-electron chi connectivity index (χ0n) is 11.5. The Kier molecular flexibility index (Phi) is 3.87. The molecule has 0 amide bonds. The normalized spacial score (nSPS) is 15.8. The second-order valence-electron chi connectivity index (χ2n) is 4.86. The van der Waals surface area contributed by atoms with E-state index in [0.717, 1.165) is 12.8 Å². The highest BCUT2D eigenvalue weighted by Gasteiger charge is 2.22. The number of nitrogens with two attached hydrogens (primary N) is 1. The molecule has 0 unspecified atom stereocenters. The van der Waals surface area contributed by atoms with Crippen molar-refractivity contribution in [1.29, 1.82) is 5.41 Å². The van der Waals surface area contributed by atoms with E-state index in [1.807, 2.05) is 0 Å². The number of nitrogens with zero attached hydrogens (tertiary/aromatic N) is 1. The molecule has 6 nitrogen and oxygen atoms in total. The van der Waals surface area contributed by atoms with Crippen LogP contribution in [0.3, 0.4) is 0 Å². The summed E-state index contributed by atoms with van der Waals surface area (Å²) in [6.07, 6.45) is 4.77. The Labute approximate surface area is 122 Å². The maximum absolute atomic E-state index is 8.27. The monoisotopic (exact) mass is 287 g/mol. The van der Waals surface area contributed by atoms with Gasteiger partial charge in [-0.1, -0.05) is 0 Å². The molecule has 1 fully saturated rings. The molecule has 6 heteroatoms. The molecule has 0 aromatic carbocycles. The van der Waals surface area contributed by atoms with Gasteiger partial charge in [0, 0.05) is 24.7 Å². The van der Waals surface area contributed by atoms with Crippen LogP contribution in [0.2, 0.25) is 0 Å². The lowest BCUT2D eigenvalue weighted by Gasteiger charge is -2.24. The first-order valence-electron chi connectivity index (χ1n) is 6.87. The van der Waals surface area contributed by atoms with E-state index in [4.69, 9.17) is 25.0 Å². The minimum atomic E-state index is 0.0381. The molecule has 3 heterocycles. The summed E-state index contributed by atoms with van der Waals surface area (Å²) in [4.78, 5) is 4.24. The summed E-state index contributed by atoms with van der Waals surface area (Å²) in [6.45, 7) is 1.36. The third kappa shape index (κ3) is 2.90. The van der Waals surface area contributed by atoms with Crippen molar-refractivity contribution in [3.05, 3.63) is 42.0 Å². The Morgan fingerprint density at radius 2 is 2.14 bits per heavy atom. The number of hydrogen-bond donors (Lipinski definition) is 2. The second kappa shape index (κ2) is 5.97. The van der Waals surface area contributed by atoms with Gasteiger partial charge in [0.25, 0.3) is 0 Å². The summed E-state index contributed by atoms with van der Waals surface area (Å²) in [5, 5.41) is 8.27. The van der Waals surface area contributed by atoms with Crippen molar-refractivity contribution in [2.45, 2.75) is 18.9 Å². The van der Waals surface area contributed by atoms with Crippen LogP contribution in [-0.2, 0) is 4.74 Å². The molecule has 21 heavy (non-hydrogen) atoms. The average Bonchev–Trinajstić information content (AvgIpc) is 3.02. The van der Waals surface area contributed by atoms with Gasteiger partial charge < -0.3 is 19.6 Å². The highest BCUT2D eigenvalue weighted by Crippen LogP contribution is 2.27. The van der Waals surface area contributed by atoms with Crippen LogP contribution < -0.4 is 10.5 Å². The minimum Gasteiger partial charge on any atom is -0.474 e. The lowest BCUT2D eigenvalue weighted by Crippen LogP contribution is -2.27. The molecule has 2 aromatic rings. The molecule has 1 aliphatic rings. The van der Waals surface area contributed by atoms with Crippen molar-refractivity contribution < 1.29 is 13.9 Å². The third-order valence-electron chi connectivity index (χ3n) is 3.41. The Bertz CT molecular complexity index is 619. The number of rotatable bonds is 4. The van der Waals surface area contributed by atoms with Crippen molar-refractivity contribution in [2.75, 3.05) is 18.9 Å². The lowest BCUT2D eigenvalue weighted by atomic mass is 10.1. The van der Waals surface area contributed by atoms with Crippen LogP contribution in [0.15, 0.2) is 35.1 Å². The number of anilines is 1. The van der Waals surface area contributed by atoms with Crippen LogP contribution in [0.1, 0.15) is 24.2 Å². The summed E-state index contributed by atoms with van der Waals surface area (Å²) >= 11 is 0. The van der Waals surface area contributed by atoms with Gasteiger partial charge in [0.15, 0.2) is 5.76 Å². The molecule has 0 saturated carbocycles. The first-order chi connectivity index (χ1) is 10.3. The van der Waals surface area contributed by atoms with Crippen molar-refractivity contribution in [3.8, 4) is 5.88 Å². The number of pyridine rings is 1. The van der Waals surface area contributed by atoms with Gasteiger partial charge in [-0.3, -0.25) is 5.41 Å². The molecule has 0 atom stereocenters. The number of aromatic nitrogens is 1. The topological polar surface area (TPSA) is 94.4 Å². The molecular weight excluding hydrogens is 270 g/mol. The standard InChI is InChI=1S/C15H17N3O3/c16-11-3-6-18-15(21-10-4-8-19-9-5-10)13(11)14(17)12-2-1-7-20-12/h1-3,6-7,10,17H,4-5,8-9H2,(H2,16,18). The van der Waals surface area contributed by atoms with Gasteiger partial charge in [-0.15, -0.1) is 0 Å². The van der Waals surface area contributed by atoms with Crippen LogP contribution in [-0.4, -0.2) is 30.0 Å². The Morgan fingerprint density at radius 1 is 1.33 bits per heavy atom. The molecule has 110 valence electrons. The minimum absolute atomic E-state index is 0.0381. The predicted molar refractivity (Wildman–Crippen MR) is 77.8 cm³/mol. The smallest absolute Gasteiger partial charge is 0.225 e. The second-order valence-corrected chi connectivity index (χ2v) is 4.86. The summed E-state index contributed by atoms with van der Waals surface area (Å²) in [6, 6.07) is 5.10. The molecule has 1 aliphatic heterocycles. The SMILES string of the molecule is N=C(c1ccco1)c1c(N)ccnc1OC1CCOCC1. The molecule has 0 spiro atoms. The number of furan rings is 1. The van der Waals surface area contributed by atoms with E-state index in [1.54, 1.807) is 24.4 Å². The van der Waals surface area contributed by atoms with E-state index in [-0.39, 0.29) is 11.8 Å². The summed E-state index contributed by atoms with van der Waals surface area (Å²) in [5.74, 6) is 0.815. The number of hydrogen-bond acceptors (Lipinski definition) is 6. The van der Waals surface area contributed by atoms with Gasteiger partial charge in [-0.05, 0) is 18.2 Å². The van der Waals surface area contributed by atoms with Crippen LogP contribution in [0, 0.1) is 5.41 Å². The first-order valence-corrected chi connectivity index (χ1v) is 6.87. The van der Waals surface area contributed by atoms with E-state index < -0.39 is 0 Å². The fraction of sp³-hybridized carbons (Fsp3) is 0.333. The van der Waals surface area contributed by atoms with Crippen LogP contribution in [0.4, 0.5) is 5.69 Å². The number of nitrogen functional groups attached to an aromatic ring is 1. The molecular formula is C15H17N3O3. The summed E-state index contributed by atoms with van der Waals surface area (Å²) < 4.78 is 16.5.